The van der Waals surface area contributed by atoms with Crippen molar-refractivity contribution in [3.63, 3.8) is 0 Å². The van der Waals surface area contributed by atoms with E-state index in [4.69, 9.17) is 15.2 Å². The van der Waals surface area contributed by atoms with Gasteiger partial charge in [-0.15, -0.1) is 0 Å². The maximum absolute atomic E-state index is 12.2. The number of hydrogen-bond donors (Lipinski definition) is 1. The Bertz CT molecular complexity index is 503. The molecule has 0 aliphatic heterocycles. The predicted molar refractivity (Wildman–Crippen MR) is 65.0 cm³/mol. The summed E-state index contributed by atoms with van der Waals surface area (Å²) in [6.07, 6.45) is 0. The summed E-state index contributed by atoms with van der Waals surface area (Å²) in [5.74, 6) is 0.693. The molecule has 0 atom stereocenters. The smallest absolute Gasteiger partial charge is 0.200 e. The zero-order chi connectivity index (χ0) is 13.3. The average Bonchev–Trinajstić information content (AvgIpc) is 2.26. The molecule has 5 nitrogen and oxygen atoms in total. The van der Waals surface area contributed by atoms with E-state index < -0.39 is 14.7 Å². The molecule has 0 bridgehead atoms. The molecule has 0 saturated heterocycles. The van der Waals surface area contributed by atoms with Crippen molar-refractivity contribution in [2.45, 2.75) is 23.6 Å². The van der Waals surface area contributed by atoms with E-state index >= 15 is 0 Å². The first-order chi connectivity index (χ1) is 7.74. The third kappa shape index (κ3) is 2.53. The predicted octanol–water partition coefficient (Wildman–Crippen LogP) is 1.17. The Labute approximate surface area is 101 Å². The summed E-state index contributed by atoms with van der Waals surface area (Å²) in [6, 6.07) is 4.57. The Morgan fingerprint density at radius 2 is 1.76 bits per heavy atom. The van der Waals surface area contributed by atoms with Crippen LogP contribution < -0.4 is 15.2 Å². The van der Waals surface area contributed by atoms with Crippen molar-refractivity contribution < 1.29 is 17.9 Å². The van der Waals surface area contributed by atoms with Crippen LogP contribution in [0.3, 0.4) is 0 Å². The van der Waals surface area contributed by atoms with Gasteiger partial charge in [0.1, 0.15) is 21.3 Å². The number of sulfone groups is 1. The maximum atomic E-state index is 12.2. The van der Waals surface area contributed by atoms with Crippen molar-refractivity contribution in [3.05, 3.63) is 18.2 Å². The molecule has 0 radical (unpaired) electrons. The van der Waals surface area contributed by atoms with Crippen molar-refractivity contribution in [2.24, 2.45) is 5.73 Å². The first-order valence-electron chi connectivity index (χ1n) is 4.99. The van der Waals surface area contributed by atoms with Gasteiger partial charge in [0.05, 0.1) is 14.2 Å². The molecule has 17 heavy (non-hydrogen) atoms. The second-order valence-electron chi connectivity index (χ2n) is 4.12. The van der Waals surface area contributed by atoms with Gasteiger partial charge >= 0.3 is 0 Å². The lowest BCUT2D eigenvalue weighted by molar-refractivity contribution is 0.391. The van der Waals surface area contributed by atoms with Gasteiger partial charge in [-0.25, -0.2) is 8.42 Å². The van der Waals surface area contributed by atoms with Crippen molar-refractivity contribution in [1.82, 2.24) is 0 Å². The van der Waals surface area contributed by atoms with E-state index in [2.05, 4.69) is 0 Å². The zero-order valence-electron chi connectivity index (χ0n) is 10.4. The lowest BCUT2D eigenvalue weighted by Crippen LogP contribution is -2.41. The van der Waals surface area contributed by atoms with E-state index in [-0.39, 0.29) is 10.6 Å². The van der Waals surface area contributed by atoms with Gasteiger partial charge in [-0.2, -0.15) is 0 Å². The summed E-state index contributed by atoms with van der Waals surface area (Å²) >= 11 is 0. The van der Waals surface area contributed by atoms with Crippen LogP contribution in [0.1, 0.15) is 13.8 Å². The minimum Gasteiger partial charge on any atom is -0.497 e. The number of rotatable bonds is 4. The van der Waals surface area contributed by atoms with Gasteiger partial charge in [0, 0.05) is 6.07 Å². The summed E-state index contributed by atoms with van der Waals surface area (Å²) in [4.78, 5) is -1.35. The number of benzene rings is 1. The molecule has 0 saturated carbocycles. The van der Waals surface area contributed by atoms with Crippen molar-refractivity contribution in [3.8, 4) is 11.5 Å². The van der Waals surface area contributed by atoms with Gasteiger partial charge in [0.2, 0.25) is 0 Å². The summed E-state index contributed by atoms with van der Waals surface area (Å²) in [6.45, 7) is 2.86. The van der Waals surface area contributed by atoms with Crippen LogP contribution in [0.5, 0.6) is 11.5 Å². The minimum atomic E-state index is -3.68. The van der Waals surface area contributed by atoms with E-state index in [0.29, 0.717) is 5.75 Å². The molecule has 0 aromatic heterocycles. The number of nitrogens with two attached hydrogens (primary N) is 1. The quantitative estimate of drug-likeness (QED) is 0.878. The van der Waals surface area contributed by atoms with Crippen LogP contribution in [0.25, 0.3) is 0 Å². The van der Waals surface area contributed by atoms with Crippen LogP contribution >= 0.6 is 0 Å². The molecule has 0 amide bonds. The topological polar surface area (TPSA) is 78.6 Å². The van der Waals surface area contributed by atoms with Crippen molar-refractivity contribution in [2.75, 3.05) is 14.2 Å². The van der Waals surface area contributed by atoms with Gasteiger partial charge in [-0.05, 0) is 26.0 Å². The van der Waals surface area contributed by atoms with Gasteiger partial charge in [-0.3, -0.25) is 0 Å². The van der Waals surface area contributed by atoms with Crippen LogP contribution in [0.4, 0.5) is 0 Å². The van der Waals surface area contributed by atoms with Gasteiger partial charge < -0.3 is 15.2 Å². The fraction of sp³-hybridized carbons (Fsp3) is 0.455. The molecule has 1 rings (SSSR count). The summed E-state index contributed by atoms with van der Waals surface area (Å²) in [5.41, 5.74) is 5.68. The molecule has 0 fully saturated rings. The number of ether oxygens (including phenoxy) is 2. The molecule has 0 aliphatic carbocycles. The fourth-order valence-electron chi connectivity index (χ4n) is 1.28. The summed E-state index contributed by atoms with van der Waals surface area (Å²) < 4.78 is 34.5. The largest absolute Gasteiger partial charge is 0.497 e. The van der Waals surface area contributed by atoms with Gasteiger partial charge in [0.25, 0.3) is 0 Å². The van der Waals surface area contributed by atoms with Gasteiger partial charge in [-0.1, -0.05) is 0 Å². The third-order valence-corrected chi connectivity index (χ3v) is 4.64. The summed E-state index contributed by atoms with van der Waals surface area (Å²) in [7, 11) is -0.808. The molecular weight excluding hydrogens is 242 g/mol. The fourth-order valence-corrected chi connectivity index (χ4v) is 2.53. The molecule has 2 N–H and O–H groups in total. The number of hydrogen-bond acceptors (Lipinski definition) is 5. The second-order valence-corrected chi connectivity index (χ2v) is 6.62. The molecular formula is C11H17NO4S. The SMILES string of the molecule is COc1ccc(OC)c(S(=O)(=O)C(C)(C)N)c1. The monoisotopic (exact) mass is 259 g/mol. The highest BCUT2D eigenvalue weighted by atomic mass is 32.2. The molecule has 6 heteroatoms. The Kier molecular flexibility index (Phi) is 3.68. The highest BCUT2D eigenvalue weighted by Crippen LogP contribution is 2.32. The van der Waals surface area contributed by atoms with Crippen molar-refractivity contribution in [1.29, 1.82) is 0 Å². The molecule has 96 valence electrons. The molecule has 0 heterocycles. The van der Waals surface area contributed by atoms with E-state index in [1.807, 2.05) is 0 Å². The van der Waals surface area contributed by atoms with Crippen LogP contribution in [0.15, 0.2) is 23.1 Å². The van der Waals surface area contributed by atoms with E-state index in [0.717, 1.165) is 0 Å². The van der Waals surface area contributed by atoms with E-state index in [1.165, 1.54) is 40.2 Å². The van der Waals surface area contributed by atoms with Gasteiger partial charge in [0.15, 0.2) is 9.84 Å². The Hall–Kier alpha value is -1.27. The van der Waals surface area contributed by atoms with Crippen LogP contribution in [-0.2, 0) is 9.84 Å². The second kappa shape index (κ2) is 4.54. The average molecular weight is 259 g/mol. The Morgan fingerprint density at radius 3 is 2.18 bits per heavy atom. The number of methoxy groups -OCH3 is 2. The van der Waals surface area contributed by atoms with E-state index in [9.17, 15) is 8.42 Å². The molecule has 1 aromatic carbocycles. The summed E-state index contributed by atoms with van der Waals surface area (Å²) in [5, 5.41) is 0. The first-order valence-corrected chi connectivity index (χ1v) is 6.48. The maximum Gasteiger partial charge on any atom is 0.200 e. The molecule has 0 unspecified atom stereocenters. The highest BCUT2D eigenvalue weighted by Gasteiger charge is 2.34. The van der Waals surface area contributed by atoms with Crippen LogP contribution in [0.2, 0.25) is 0 Å². The first kappa shape index (κ1) is 13.8. The zero-order valence-corrected chi connectivity index (χ0v) is 11.2. The normalized spacial score (nSPS) is 12.3. The molecule has 0 aliphatic rings. The lowest BCUT2D eigenvalue weighted by atomic mass is 10.3. The van der Waals surface area contributed by atoms with Crippen LogP contribution in [-0.4, -0.2) is 27.5 Å². The Balaban J connectivity index is 3.49. The Morgan fingerprint density at radius 1 is 1.18 bits per heavy atom. The highest BCUT2D eigenvalue weighted by molar-refractivity contribution is 7.92. The van der Waals surface area contributed by atoms with E-state index in [1.54, 1.807) is 6.07 Å². The lowest BCUT2D eigenvalue weighted by Gasteiger charge is -2.21. The molecule has 0 spiro atoms. The van der Waals surface area contributed by atoms with Crippen molar-refractivity contribution >= 4 is 9.84 Å². The third-order valence-electron chi connectivity index (χ3n) is 2.35. The minimum absolute atomic E-state index is 0.0341. The molecule has 1 aromatic rings. The van der Waals surface area contributed by atoms with Crippen LogP contribution in [0, 0.1) is 0 Å². The standard InChI is InChI=1S/C11H17NO4S/c1-11(2,12)17(13,14)10-7-8(15-3)5-6-9(10)16-4/h5-7H,12H2,1-4H3.